The molecule has 3 nitrogen and oxygen atoms in total. The number of hydrogen-bond donors (Lipinski definition) is 1. The van der Waals surface area contributed by atoms with Crippen LogP contribution >= 0.6 is 0 Å². The Labute approximate surface area is 93.1 Å². The van der Waals surface area contributed by atoms with Gasteiger partial charge < -0.3 is 9.72 Å². The van der Waals surface area contributed by atoms with E-state index in [9.17, 15) is 4.79 Å². The van der Waals surface area contributed by atoms with E-state index in [0.717, 1.165) is 34.9 Å². The van der Waals surface area contributed by atoms with Gasteiger partial charge in [-0.25, -0.2) is 0 Å². The van der Waals surface area contributed by atoms with Crippen LogP contribution < -0.4 is 10.3 Å². The number of H-pyrrole nitrogens is 1. The molecule has 82 valence electrons. The minimum Gasteiger partial charge on any atom is -0.488 e. The van der Waals surface area contributed by atoms with E-state index in [0.29, 0.717) is 12.4 Å². The summed E-state index contributed by atoms with van der Waals surface area (Å²) >= 11 is 0. The first kappa shape index (κ1) is 9.46. The summed E-state index contributed by atoms with van der Waals surface area (Å²) in [6.45, 7) is 2.67. The van der Waals surface area contributed by atoms with E-state index in [2.05, 4.69) is 17.1 Å². The van der Waals surface area contributed by atoms with Crippen LogP contribution in [0.2, 0.25) is 0 Å². The molecule has 0 radical (unpaired) electrons. The third-order valence-electron chi connectivity index (χ3n) is 3.05. The summed E-state index contributed by atoms with van der Waals surface area (Å²) in [5, 5.41) is 1.11. The second kappa shape index (κ2) is 3.37. The van der Waals surface area contributed by atoms with Crippen molar-refractivity contribution in [2.75, 3.05) is 6.61 Å². The SMILES string of the molecule is Cc1ccc2c3c(c(=O)[nH]c2c1)OCCC3. The van der Waals surface area contributed by atoms with Crippen LogP contribution in [0.5, 0.6) is 5.75 Å². The molecule has 1 aliphatic heterocycles. The highest BCUT2D eigenvalue weighted by Crippen LogP contribution is 2.27. The lowest BCUT2D eigenvalue weighted by atomic mass is 10.0. The monoisotopic (exact) mass is 215 g/mol. The maximum absolute atomic E-state index is 11.8. The Kier molecular flexibility index (Phi) is 1.99. The Morgan fingerprint density at radius 3 is 3.12 bits per heavy atom. The van der Waals surface area contributed by atoms with Gasteiger partial charge in [0, 0.05) is 16.5 Å². The van der Waals surface area contributed by atoms with Crippen molar-refractivity contribution in [2.24, 2.45) is 0 Å². The molecule has 1 aromatic heterocycles. The van der Waals surface area contributed by atoms with E-state index in [1.54, 1.807) is 0 Å². The quantitative estimate of drug-likeness (QED) is 0.731. The number of aromatic nitrogens is 1. The average molecular weight is 215 g/mol. The molecule has 1 aliphatic rings. The van der Waals surface area contributed by atoms with Crippen molar-refractivity contribution >= 4 is 10.9 Å². The van der Waals surface area contributed by atoms with Gasteiger partial charge in [0.25, 0.3) is 5.56 Å². The number of benzene rings is 1. The van der Waals surface area contributed by atoms with Gasteiger partial charge in [-0.05, 0) is 31.4 Å². The second-order valence-electron chi connectivity index (χ2n) is 4.26. The van der Waals surface area contributed by atoms with Crippen LogP contribution in [0, 0.1) is 6.92 Å². The van der Waals surface area contributed by atoms with Crippen LogP contribution in [0.1, 0.15) is 17.5 Å². The summed E-state index contributed by atoms with van der Waals surface area (Å²) in [4.78, 5) is 14.7. The summed E-state index contributed by atoms with van der Waals surface area (Å²) in [7, 11) is 0. The van der Waals surface area contributed by atoms with Crippen molar-refractivity contribution < 1.29 is 4.74 Å². The zero-order valence-corrected chi connectivity index (χ0v) is 9.17. The molecule has 0 amide bonds. The smallest absolute Gasteiger partial charge is 0.291 e. The molecular weight excluding hydrogens is 202 g/mol. The number of hydrogen-bond acceptors (Lipinski definition) is 2. The van der Waals surface area contributed by atoms with Gasteiger partial charge in [0.05, 0.1) is 6.61 Å². The highest BCUT2D eigenvalue weighted by atomic mass is 16.5. The minimum atomic E-state index is -0.104. The number of fused-ring (bicyclic) bond motifs is 3. The summed E-state index contributed by atoms with van der Waals surface area (Å²) in [6.07, 6.45) is 1.91. The maximum atomic E-state index is 11.8. The van der Waals surface area contributed by atoms with Crippen LogP contribution in [0.25, 0.3) is 10.9 Å². The van der Waals surface area contributed by atoms with Crippen molar-refractivity contribution in [1.82, 2.24) is 4.98 Å². The van der Waals surface area contributed by atoms with Crippen molar-refractivity contribution in [3.63, 3.8) is 0 Å². The van der Waals surface area contributed by atoms with E-state index >= 15 is 0 Å². The molecule has 3 rings (SSSR count). The van der Waals surface area contributed by atoms with Gasteiger partial charge in [-0.1, -0.05) is 12.1 Å². The third kappa shape index (κ3) is 1.32. The fourth-order valence-electron chi connectivity index (χ4n) is 2.29. The predicted molar refractivity (Wildman–Crippen MR) is 63.1 cm³/mol. The molecule has 0 saturated heterocycles. The van der Waals surface area contributed by atoms with Gasteiger partial charge in [0.2, 0.25) is 0 Å². The fraction of sp³-hybridized carbons (Fsp3) is 0.308. The van der Waals surface area contributed by atoms with Crippen LogP contribution in [0.3, 0.4) is 0 Å². The van der Waals surface area contributed by atoms with E-state index in [4.69, 9.17) is 4.74 Å². The largest absolute Gasteiger partial charge is 0.488 e. The van der Waals surface area contributed by atoms with Crippen LogP contribution in [-0.2, 0) is 6.42 Å². The van der Waals surface area contributed by atoms with Crippen molar-refractivity contribution in [3.8, 4) is 5.75 Å². The van der Waals surface area contributed by atoms with Crippen molar-refractivity contribution in [3.05, 3.63) is 39.7 Å². The average Bonchev–Trinajstić information content (AvgIpc) is 2.29. The predicted octanol–water partition coefficient (Wildman–Crippen LogP) is 2.16. The molecule has 1 N–H and O–H groups in total. The van der Waals surface area contributed by atoms with E-state index < -0.39 is 0 Å². The van der Waals surface area contributed by atoms with Gasteiger partial charge in [-0.2, -0.15) is 0 Å². The van der Waals surface area contributed by atoms with E-state index in [1.165, 1.54) is 0 Å². The molecule has 0 fully saturated rings. The highest BCUT2D eigenvalue weighted by Gasteiger charge is 2.17. The summed E-state index contributed by atoms with van der Waals surface area (Å²) < 4.78 is 5.45. The summed E-state index contributed by atoms with van der Waals surface area (Å²) in [5.74, 6) is 0.516. The van der Waals surface area contributed by atoms with Gasteiger partial charge in [0.15, 0.2) is 5.75 Å². The lowest BCUT2D eigenvalue weighted by molar-refractivity contribution is 0.285. The molecule has 2 heterocycles. The van der Waals surface area contributed by atoms with Crippen molar-refractivity contribution in [1.29, 1.82) is 0 Å². The zero-order chi connectivity index (χ0) is 11.1. The number of aryl methyl sites for hydroxylation is 2. The molecule has 0 unspecified atom stereocenters. The molecule has 0 spiro atoms. The Bertz CT molecular complexity index is 613. The first-order chi connectivity index (χ1) is 7.75. The number of ether oxygens (including phenoxy) is 1. The lowest BCUT2D eigenvalue weighted by Gasteiger charge is -2.18. The van der Waals surface area contributed by atoms with Crippen LogP contribution in [-0.4, -0.2) is 11.6 Å². The van der Waals surface area contributed by atoms with Gasteiger partial charge in [-0.3, -0.25) is 4.79 Å². The Morgan fingerprint density at radius 2 is 2.25 bits per heavy atom. The lowest BCUT2D eigenvalue weighted by Crippen LogP contribution is -2.19. The first-order valence-corrected chi connectivity index (χ1v) is 5.54. The van der Waals surface area contributed by atoms with Gasteiger partial charge >= 0.3 is 0 Å². The maximum Gasteiger partial charge on any atom is 0.291 e. The third-order valence-corrected chi connectivity index (χ3v) is 3.05. The van der Waals surface area contributed by atoms with Crippen LogP contribution in [0.15, 0.2) is 23.0 Å². The number of pyridine rings is 1. The molecule has 2 aromatic rings. The molecule has 16 heavy (non-hydrogen) atoms. The molecule has 0 bridgehead atoms. The first-order valence-electron chi connectivity index (χ1n) is 5.54. The topological polar surface area (TPSA) is 42.1 Å². The van der Waals surface area contributed by atoms with Gasteiger partial charge in [0.1, 0.15) is 0 Å². The normalized spacial score (nSPS) is 14.6. The van der Waals surface area contributed by atoms with Crippen LogP contribution in [0.4, 0.5) is 0 Å². The highest BCUT2D eigenvalue weighted by molar-refractivity contribution is 5.84. The summed E-state index contributed by atoms with van der Waals surface area (Å²) in [5.41, 5.74) is 3.02. The second-order valence-corrected chi connectivity index (χ2v) is 4.26. The molecule has 0 atom stereocenters. The molecule has 3 heteroatoms. The number of nitrogens with one attached hydrogen (secondary N) is 1. The van der Waals surface area contributed by atoms with Crippen molar-refractivity contribution in [2.45, 2.75) is 19.8 Å². The standard InChI is InChI=1S/C13H13NO2/c1-8-4-5-9-10-3-2-6-16-12(10)13(15)14-11(9)7-8/h4-5,7H,2-3,6H2,1H3,(H,14,15). The van der Waals surface area contributed by atoms with E-state index in [1.807, 2.05) is 13.0 Å². The Balaban J connectivity index is 2.42. The van der Waals surface area contributed by atoms with Gasteiger partial charge in [-0.15, -0.1) is 0 Å². The van der Waals surface area contributed by atoms with E-state index in [-0.39, 0.29) is 5.56 Å². The summed E-state index contributed by atoms with van der Waals surface area (Å²) in [6, 6.07) is 6.13. The minimum absolute atomic E-state index is 0.104. The molecular formula is C13H13NO2. The molecule has 0 aliphatic carbocycles. The number of aromatic amines is 1. The number of rotatable bonds is 0. The zero-order valence-electron chi connectivity index (χ0n) is 9.17. The fourth-order valence-corrected chi connectivity index (χ4v) is 2.29. The molecule has 1 aromatic carbocycles. The molecule has 0 saturated carbocycles. The Hall–Kier alpha value is -1.77. The Morgan fingerprint density at radius 1 is 1.38 bits per heavy atom.